The number of rotatable bonds is 4. The van der Waals surface area contributed by atoms with Gasteiger partial charge in [0.15, 0.2) is 0 Å². The standard InChI is InChI=1S/C12H23NO3/c1-12(2,3)16-9-8-15-11-6-4-10(13-14)5-7-11/h11,14H,4-9H2,1-3H3. The highest BCUT2D eigenvalue weighted by Crippen LogP contribution is 2.19. The summed E-state index contributed by atoms with van der Waals surface area (Å²) in [4.78, 5) is 0. The second-order valence-electron chi connectivity index (χ2n) is 5.20. The Hall–Kier alpha value is -0.610. The fraction of sp³-hybridized carbons (Fsp3) is 0.917. The molecule has 94 valence electrons. The molecule has 0 amide bonds. The van der Waals surface area contributed by atoms with Crippen LogP contribution in [0.5, 0.6) is 0 Å². The fourth-order valence-electron chi connectivity index (χ4n) is 1.75. The van der Waals surface area contributed by atoms with E-state index in [1.54, 1.807) is 0 Å². The van der Waals surface area contributed by atoms with Crippen molar-refractivity contribution in [2.24, 2.45) is 5.16 Å². The van der Waals surface area contributed by atoms with E-state index in [2.05, 4.69) is 5.16 Å². The maximum atomic E-state index is 8.61. The number of oxime groups is 1. The lowest BCUT2D eigenvalue weighted by atomic mass is 9.96. The minimum atomic E-state index is -0.0906. The van der Waals surface area contributed by atoms with Crippen molar-refractivity contribution >= 4 is 5.71 Å². The van der Waals surface area contributed by atoms with Crippen molar-refractivity contribution < 1.29 is 14.7 Å². The molecule has 0 heterocycles. The number of hydrogen-bond acceptors (Lipinski definition) is 4. The summed E-state index contributed by atoms with van der Waals surface area (Å²) in [6.45, 7) is 7.40. The van der Waals surface area contributed by atoms with Crippen LogP contribution in [-0.4, -0.2) is 35.8 Å². The third-order valence-corrected chi connectivity index (χ3v) is 2.62. The minimum Gasteiger partial charge on any atom is -0.411 e. The lowest BCUT2D eigenvalue weighted by Crippen LogP contribution is -2.26. The van der Waals surface area contributed by atoms with E-state index in [4.69, 9.17) is 14.7 Å². The molecule has 0 bridgehead atoms. The molecule has 4 heteroatoms. The van der Waals surface area contributed by atoms with Crippen molar-refractivity contribution in [1.29, 1.82) is 0 Å². The molecule has 0 spiro atoms. The molecular weight excluding hydrogens is 206 g/mol. The molecule has 1 fully saturated rings. The van der Waals surface area contributed by atoms with Crippen LogP contribution in [-0.2, 0) is 9.47 Å². The zero-order valence-corrected chi connectivity index (χ0v) is 10.5. The SMILES string of the molecule is CC(C)(C)OCCOC1CCC(=NO)CC1. The van der Waals surface area contributed by atoms with Crippen LogP contribution in [0.3, 0.4) is 0 Å². The first-order chi connectivity index (χ1) is 7.51. The maximum Gasteiger partial charge on any atom is 0.0707 e. The van der Waals surface area contributed by atoms with E-state index in [0.717, 1.165) is 31.4 Å². The first-order valence-electron chi connectivity index (χ1n) is 5.96. The molecule has 0 aliphatic heterocycles. The Labute approximate surface area is 97.6 Å². The Morgan fingerprint density at radius 3 is 2.38 bits per heavy atom. The Balaban J connectivity index is 2.07. The number of nitrogens with zero attached hydrogens (tertiary/aromatic N) is 1. The van der Waals surface area contributed by atoms with E-state index in [-0.39, 0.29) is 5.60 Å². The predicted molar refractivity (Wildman–Crippen MR) is 63.1 cm³/mol. The Morgan fingerprint density at radius 1 is 1.25 bits per heavy atom. The lowest BCUT2D eigenvalue weighted by Gasteiger charge is -2.24. The van der Waals surface area contributed by atoms with Gasteiger partial charge >= 0.3 is 0 Å². The Bertz CT molecular complexity index is 223. The van der Waals surface area contributed by atoms with Crippen molar-refractivity contribution in [3.05, 3.63) is 0 Å². The molecule has 0 aromatic rings. The fourth-order valence-corrected chi connectivity index (χ4v) is 1.75. The molecule has 1 aliphatic rings. The summed E-state index contributed by atoms with van der Waals surface area (Å²) in [5.41, 5.74) is 0.804. The van der Waals surface area contributed by atoms with Crippen molar-refractivity contribution in [3.8, 4) is 0 Å². The third-order valence-electron chi connectivity index (χ3n) is 2.62. The average Bonchev–Trinajstić information content (AvgIpc) is 2.24. The number of hydrogen-bond donors (Lipinski definition) is 1. The van der Waals surface area contributed by atoms with Crippen LogP contribution >= 0.6 is 0 Å². The molecule has 4 nitrogen and oxygen atoms in total. The third kappa shape index (κ3) is 5.47. The van der Waals surface area contributed by atoms with Crippen LogP contribution in [0.4, 0.5) is 0 Å². The largest absolute Gasteiger partial charge is 0.411 e. The first-order valence-corrected chi connectivity index (χ1v) is 5.96. The van der Waals surface area contributed by atoms with Crippen LogP contribution in [0.25, 0.3) is 0 Å². The molecule has 1 N–H and O–H groups in total. The van der Waals surface area contributed by atoms with Crippen molar-refractivity contribution in [2.45, 2.75) is 58.2 Å². The van der Waals surface area contributed by atoms with E-state index in [9.17, 15) is 0 Å². The van der Waals surface area contributed by atoms with Crippen LogP contribution in [0.2, 0.25) is 0 Å². The summed E-state index contributed by atoms with van der Waals surface area (Å²) in [6.07, 6.45) is 3.90. The number of ether oxygens (including phenoxy) is 2. The highest BCUT2D eigenvalue weighted by molar-refractivity contribution is 5.84. The van der Waals surface area contributed by atoms with E-state index >= 15 is 0 Å². The van der Waals surface area contributed by atoms with Gasteiger partial charge in [-0.1, -0.05) is 5.16 Å². The van der Waals surface area contributed by atoms with Gasteiger partial charge in [0, 0.05) is 0 Å². The average molecular weight is 229 g/mol. The van der Waals surface area contributed by atoms with Crippen molar-refractivity contribution in [2.75, 3.05) is 13.2 Å². The normalized spacial score (nSPS) is 22.2. The zero-order valence-electron chi connectivity index (χ0n) is 10.5. The minimum absolute atomic E-state index is 0.0906. The van der Waals surface area contributed by atoms with Crippen LogP contribution in [0.15, 0.2) is 5.16 Å². The summed E-state index contributed by atoms with van der Waals surface area (Å²) in [5.74, 6) is 0. The first kappa shape index (κ1) is 13.5. The molecule has 0 atom stereocenters. The second-order valence-corrected chi connectivity index (χ2v) is 5.20. The van der Waals surface area contributed by atoms with Gasteiger partial charge in [0.05, 0.1) is 30.6 Å². The van der Waals surface area contributed by atoms with E-state index in [0.29, 0.717) is 19.3 Å². The zero-order chi connectivity index (χ0) is 12.0. The molecular formula is C12H23NO3. The molecule has 0 saturated heterocycles. The molecule has 0 aromatic heterocycles. The molecule has 1 saturated carbocycles. The van der Waals surface area contributed by atoms with E-state index in [1.807, 2.05) is 20.8 Å². The van der Waals surface area contributed by atoms with Gasteiger partial charge in [-0.15, -0.1) is 0 Å². The van der Waals surface area contributed by atoms with E-state index < -0.39 is 0 Å². The molecule has 0 unspecified atom stereocenters. The highest BCUT2D eigenvalue weighted by Gasteiger charge is 2.18. The topological polar surface area (TPSA) is 51.0 Å². The molecule has 0 aromatic carbocycles. The maximum absolute atomic E-state index is 8.61. The highest BCUT2D eigenvalue weighted by atomic mass is 16.5. The predicted octanol–water partition coefficient (Wildman–Crippen LogP) is 2.59. The van der Waals surface area contributed by atoms with Gasteiger partial charge in [-0.05, 0) is 46.5 Å². The van der Waals surface area contributed by atoms with Gasteiger partial charge in [-0.3, -0.25) is 0 Å². The smallest absolute Gasteiger partial charge is 0.0707 e. The summed E-state index contributed by atoms with van der Waals surface area (Å²) in [5, 5.41) is 11.9. The van der Waals surface area contributed by atoms with Gasteiger partial charge in [0.25, 0.3) is 0 Å². The van der Waals surface area contributed by atoms with Crippen LogP contribution in [0.1, 0.15) is 46.5 Å². The summed E-state index contributed by atoms with van der Waals surface area (Å²) in [7, 11) is 0. The molecule has 0 radical (unpaired) electrons. The summed E-state index contributed by atoms with van der Waals surface area (Å²) >= 11 is 0. The summed E-state index contributed by atoms with van der Waals surface area (Å²) in [6, 6.07) is 0. The summed E-state index contributed by atoms with van der Waals surface area (Å²) < 4.78 is 11.3. The lowest BCUT2D eigenvalue weighted by molar-refractivity contribution is -0.0546. The van der Waals surface area contributed by atoms with Crippen LogP contribution in [0, 0.1) is 0 Å². The van der Waals surface area contributed by atoms with Gasteiger partial charge in [0.2, 0.25) is 0 Å². The van der Waals surface area contributed by atoms with Crippen molar-refractivity contribution in [3.63, 3.8) is 0 Å². The van der Waals surface area contributed by atoms with E-state index in [1.165, 1.54) is 0 Å². The van der Waals surface area contributed by atoms with Gasteiger partial charge in [-0.25, -0.2) is 0 Å². The molecule has 1 aliphatic carbocycles. The quantitative estimate of drug-likeness (QED) is 0.458. The van der Waals surface area contributed by atoms with Gasteiger partial charge < -0.3 is 14.7 Å². The van der Waals surface area contributed by atoms with Gasteiger partial charge in [0.1, 0.15) is 0 Å². The van der Waals surface area contributed by atoms with Crippen LogP contribution < -0.4 is 0 Å². The second kappa shape index (κ2) is 6.21. The molecule has 16 heavy (non-hydrogen) atoms. The Morgan fingerprint density at radius 2 is 1.88 bits per heavy atom. The van der Waals surface area contributed by atoms with Gasteiger partial charge in [-0.2, -0.15) is 0 Å². The van der Waals surface area contributed by atoms with Crippen molar-refractivity contribution in [1.82, 2.24) is 0 Å². The molecule has 1 rings (SSSR count). The monoisotopic (exact) mass is 229 g/mol. The Kier molecular flexibility index (Phi) is 5.22.